The van der Waals surface area contributed by atoms with Gasteiger partial charge in [0, 0.05) is 17.3 Å². The lowest BCUT2D eigenvalue weighted by molar-refractivity contribution is -0.135. The molecule has 0 aliphatic rings. The number of anilines is 1. The molecule has 1 aromatic carbocycles. The summed E-state index contributed by atoms with van der Waals surface area (Å²) in [5, 5.41) is 0.0207. The first kappa shape index (κ1) is 17.5. The summed E-state index contributed by atoms with van der Waals surface area (Å²) in [6, 6.07) is 2.35. The summed E-state index contributed by atoms with van der Waals surface area (Å²) in [4.78, 5) is -0.395. The fourth-order valence-corrected chi connectivity index (χ4v) is 4.17. The van der Waals surface area contributed by atoms with Crippen molar-refractivity contribution in [3.05, 3.63) is 21.6 Å². The second-order valence-corrected chi connectivity index (χ2v) is 6.99. The van der Waals surface area contributed by atoms with Crippen molar-refractivity contribution >= 4 is 43.2 Å². The van der Waals surface area contributed by atoms with Crippen LogP contribution in [0.2, 0.25) is 5.02 Å². The molecule has 0 unspecified atom stereocenters. The number of nitrogens with zero attached hydrogens (tertiary/aromatic N) is 1. The van der Waals surface area contributed by atoms with E-state index in [4.69, 9.17) is 17.3 Å². The third kappa shape index (κ3) is 4.00. The Balaban J connectivity index is 3.35. The van der Waals surface area contributed by atoms with Crippen LogP contribution < -0.4 is 5.73 Å². The zero-order chi connectivity index (χ0) is 15.7. The molecule has 20 heavy (non-hydrogen) atoms. The molecule has 0 atom stereocenters. The van der Waals surface area contributed by atoms with E-state index in [1.54, 1.807) is 0 Å². The fourth-order valence-electron chi connectivity index (χ4n) is 1.48. The summed E-state index contributed by atoms with van der Waals surface area (Å²) in [5.41, 5.74) is 5.58. The van der Waals surface area contributed by atoms with Gasteiger partial charge < -0.3 is 5.73 Å². The molecule has 0 aliphatic heterocycles. The van der Waals surface area contributed by atoms with Gasteiger partial charge in [-0.3, -0.25) is 0 Å². The van der Waals surface area contributed by atoms with Gasteiger partial charge >= 0.3 is 6.18 Å². The Bertz CT molecular complexity index is 607. The third-order valence-corrected chi connectivity index (χ3v) is 5.67. The quantitative estimate of drug-likeness (QED) is 0.796. The van der Waals surface area contributed by atoms with E-state index in [0.717, 1.165) is 6.07 Å². The molecule has 114 valence electrons. The summed E-state index contributed by atoms with van der Waals surface area (Å²) >= 11 is 8.66. The average Bonchev–Trinajstić information content (AvgIpc) is 2.29. The lowest BCUT2D eigenvalue weighted by Crippen LogP contribution is -2.38. The topological polar surface area (TPSA) is 63.4 Å². The molecule has 0 amide bonds. The van der Waals surface area contributed by atoms with E-state index in [0.29, 0.717) is 4.31 Å². The van der Waals surface area contributed by atoms with Crippen LogP contribution in [0.25, 0.3) is 0 Å². The first-order chi connectivity index (χ1) is 8.99. The minimum atomic E-state index is -4.64. The van der Waals surface area contributed by atoms with Gasteiger partial charge in [-0.05, 0) is 28.1 Å². The van der Waals surface area contributed by atoms with Gasteiger partial charge in [-0.1, -0.05) is 18.5 Å². The van der Waals surface area contributed by atoms with Crippen LogP contribution in [0, 0.1) is 0 Å². The van der Waals surface area contributed by atoms with E-state index in [9.17, 15) is 21.6 Å². The van der Waals surface area contributed by atoms with Crippen molar-refractivity contribution in [2.75, 3.05) is 18.8 Å². The van der Waals surface area contributed by atoms with Crippen LogP contribution in [0.3, 0.4) is 0 Å². The van der Waals surface area contributed by atoms with E-state index in [2.05, 4.69) is 15.9 Å². The maximum absolute atomic E-state index is 12.4. The molecular formula is C10H11BrClF3N2O2S. The van der Waals surface area contributed by atoms with Crippen molar-refractivity contribution in [1.82, 2.24) is 4.31 Å². The van der Waals surface area contributed by atoms with Crippen molar-refractivity contribution in [2.24, 2.45) is 0 Å². The smallest absolute Gasteiger partial charge is 0.398 e. The number of rotatable bonds is 4. The molecule has 2 N–H and O–H groups in total. The number of alkyl halides is 3. The standard InChI is InChI=1S/C10H11BrClF3N2O2S/c1-2-17(5-10(13,14)15)20(18,19)8-4-6(12)3-7(16)9(8)11/h3-4H,2,5,16H2,1H3. The molecule has 0 spiro atoms. The molecule has 1 aromatic rings. The highest BCUT2D eigenvalue weighted by Gasteiger charge is 2.37. The van der Waals surface area contributed by atoms with Crippen LogP contribution in [0.5, 0.6) is 0 Å². The Kier molecular flexibility index (Phi) is 5.34. The zero-order valence-electron chi connectivity index (χ0n) is 10.2. The van der Waals surface area contributed by atoms with E-state index in [-0.39, 0.29) is 21.7 Å². The number of hydrogen-bond donors (Lipinski definition) is 1. The summed E-state index contributed by atoms with van der Waals surface area (Å²) in [6.07, 6.45) is -4.64. The molecule has 10 heteroatoms. The number of halogens is 5. The van der Waals surface area contributed by atoms with Gasteiger partial charge in [0.05, 0.1) is 9.37 Å². The van der Waals surface area contributed by atoms with Crippen molar-refractivity contribution in [3.63, 3.8) is 0 Å². The summed E-state index contributed by atoms with van der Waals surface area (Å²) in [5.74, 6) is 0. The molecule has 0 aromatic heterocycles. The molecule has 0 fully saturated rings. The van der Waals surface area contributed by atoms with Gasteiger partial charge in [-0.2, -0.15) is 17.5 Å². The first-order valence-corrected chi connectivity index (χ1v) is 7.91. The normalized spacial score (nSPS) is 12.9. The lowest BCUT2D eigenvalue weighted by Gasteiger charge is -2.22. The largest absolute Gasteiger partial charge is 0.402 e. The van der Waals surface area contributed by atoms with E-state index in [1.807, 2.05) is 0 Å². The number of sulfonamides is 1. The van der Waals surface area contributed by atoms with Crippen molar-refractivity contribution < 1.29 is 21.6 Å². The summed E-state index contributed by atoms with van der Waals surface area (Å²) in [7, 11) is -4.36. The van der Waals surface area contributed by atoms with Gasteiger partial charge in [0.25, 0.3) is 0 Å². The zero-order valence-corrected chi connectivity index (χ0v) is 13.4. The third-order valence-electron chi connectivity index (χ3n) is 2.36. The Labute approximate surface area is 127 Å². The van der Waals surface area contributed by atoms with Crippen molar-refractivity contribution in [2.45, 2.75) is 18.0 Å². The van der Waals surface area contributed by atoms with E-state index >= 15 is 0 Å². The molecule has 0 radical (unpaired) electrons. The molecule has 4 nitrogen and oxygen atoms in total. The van der Waals surface area contributed by atoms with Crippen LogP contribution in [0.15, 0.2) is 21.5 Å². The second kappa shape index (κ2) is 6.08. The van der Waals surface area contributed by atoms with Crippen LogP contribution in [-0.2, 0) is 10.0 Å². The monoisotopic (exact) mass is 394 g/mol. The SMILES string of the molecule is CCN(CC(F)(F)F)S(=O)(=O)c1cc(Cl)cc(N)c1Br. The number of nitrogens with two attached hydrogens (primary N) is 1. The number of hydrogen-bond acceptors (Lipinski definition) is 3. The summed E-state index contributed by atoms with van der Waals surface area (Å²) < 4.78 is 62.1. The van der Waals surface area contributed by atoms with Crippen LogP contribution in [0.4, 0.5) is 18.9 Å². The van der Waals surface area contributed by atoms with Gasteiger partial charge in [0.1, 0.15) is 6.54 Å². The molecular weight excluding hydrogens is 385 g/mol. The highest BCUT2D eigenvalue weighted by Crippen LogP contribution is 2.34. The predicted molar refractivity (Wildman–Crippen MR) is 74.1 cm³/mol. The van der Waals surface area contributed by atoms with Gasteiger partial charge in [0.2, 0.25) is 10.0 Å². The molecule has 0 saturated heterocycles. The van der Waals surface area contributed by atoms with Crippen LogP contribution in [0.1, 0.15) is 6.92 Å². The lowest BCUT2D eigenvalue weighted by atomic mass is 10.3. The molecule has 0 bridgehead atoms. The minimum Gasteiger partial charge on any atom is -0.398 e. The fraction of sp³-hybridized carbons (Fsp3) is 0.400. The van der Waals surface area contributed by atoms with Crippen molar-refractivity contribution in [1.29, 1.82) is 0 Å². The number of nitrogen functional groups attached to an aromatic ring is 1. The Hall–Kier alpha value is -0.510. The first-order valence-electron chi connectivity index (χ1n) is 5.30. The average molecular weight is 396 g/mol. The maximum Gasteiger partial charge on any atom is 0.402 e. The Morgan fingerprint density at radius 1 is 1.40 bits per heavy atom. The molecule has 0 saturated carbocycles. The van der Waals surface area contributed by atoms with Crippen LogP contribution >= 0.6 is 27.5 Å². The second-order valence-electron chi connectivity index (χ2n) is 3.85. The molecule has 1 rings (SSSR count). The maximum atomic E-state index is 12.4. The Morgan fingerprint density at radius 3 is 2.40 bits per heavy atom. The highest BCUT2D eigenvalue weighted by atomic mass is 79.9. The molecule has 0 aliphatic carbocycles. The summed E-state index contributed by atoms with van der Waals surface area (Å²) in [6.45, 7) is -0.601. The Morgan fingerprint density at radius 2 is 1.95 bits per heavy atom. The van der Waals surface area contributed by atoms with E-state index < -0.39 is 27.6 Å². The highest BCUT2D eigenvalue weighted by molar-refractivity contribution is 9.10. The minimum absolute atomic E-state index is 0.0116. The van der Waals surface area contributed by atoms with Crippen molar-refractivity contribution in [3.8, 4) is 0 Å². The van der Waals surface area contributed by atoms with Gasteiger partial charge in [-0.15, -0.1) is 0 Å². The van der Waals surface area contributed by atoms with Gasteiger partial charge in [0.15, 0.2) is 0 Å². The number of benzene rings is 1. The molecule has 0 heterocycles. The van der Waals surface area contributed by atoms with Crippen LogP contribution in [-0.4, -0.2) is 32.0 Å². The van der Waals surface area contributed by atoms with Gasteiger partial charge in [-0.25, -0.2) is 8.42 Å². The van der Waals surface area contributed by atoms with E-state index in [1.165, 1.54) is 13.0 Å². The predicted octanol–water partition coefficient (Wildman–Crippen LogP) is 3.26.